The van der Waals surface area contributed by atoms with E-state index in [0.717, 1.165) is 5.56 Å². The molecule has 7 heteroatoms. The van der Waals surface area contributed by atoms with Gasteiger partial charge in [0.2, 0.25) is 5.95 Å². The summed E-state index contributed by atoms with van der Waals surface area (Å²) < 4.78 is 26.9. The largest absolute Gasteiger partial charge is 0.326 e. The fourth-order valence-electron chi connectivity index (χ4n) is 1.70. The molecule has 0 spiro atoms. The lowest BCUT2D eigenvalue weighted by Gasteiger charge is -2.11. The van der Waals surface area contributed by atoms with Crippen LogP contribution in [0.3, 0.4) is 0 Å². The van der Waals surface area contributed by atoms with Crippen molar-refractivity contribution in [3.63, 3.8) is 0 Å². The van der Waals surface area contributed by atoms with E-state index in [1.54, 1.807) is 25.1 Å². The molecule has 0 unspecified atom stereocenters. The SMILES string of the molecule is Cc1c(CN)cccc1S(=O)(=O)Nc1ncccn1. The van der Waals surface area contributed by atoms with Crippen LogP contribution in [0.25, 0.3) is 0 Å². The molecule has 0 fully saturated rings. The van der Waals surface area contributed by atoms with Gasteiger partial charge in [-0.2, -0.15) is 0 Å². The number of benzene rings is 1. The number of nitrogens with zero attached hydrogens (tertiary/aromatic N) is 2. The summed E-state index contributed by atoms with van der Waals surface area (Å²) in [6.07, 6.45) is 2.93. The second-order valence-electron chi connectivity index (χ2n) is 3.92. The summed E-state index contributed by atoms with van der Waals surface area (Å²) in [4.78, 5) is 7.85. The molecule has 1 aromatic heterocycles. The second kappa shape index (κ2) is 5.33. The zero-order chi connectivity index (χ0) is 13.9. The number of hydrogen-bond acceptors (Lipinski definition) is 5. The van der Waals surface area contributed by atoms with Gasteiger partial charge in [0, 0.05) is 18.9 Å². The standard InChI is InChI=1S/C12H14N4O2S/c1-9-10(8-13)4-2-5-11(9)19(17,18)16-12-14-6-3-7-15-12/h2-7H,8,13H2,1H3,(H,14,15,16). The van der Waals surface area contributed by atoms with Gasteiger partial charge in [0.15, 0.2) is 0 Å². The molecule has 0 saturated heterocycles. The molecule has 0 atom stereocenters. The molecular formula is C12H14N4O2S. The lowest BCUT2D eigenvalue weighted by atomic mass is 10.1. The molecule has 100 valence electrons. The normalized spacial score (nSPS) is 11.3. The molecule has 2 rings (SSSR count). The molecule has 0 amide bonds. The van der Waals surface area contributed by atoms with Crippen LogP contribution in [0.15, 0.2) is 41.6 Å². The Hall–Kier alpha value is -1.99. The van der Waals surface area contributed by atoms with E-state index in [2.05, 4.69) is 14.7 Å². The van der Waals surface area contributed by atoms with Gasteiger partial charge in [0.25, 0.3) is 10.0 Å². The third-order valence-electron chi connectivity index (χ3n) is 2.70. The van der Waals surface area contributed by atoms with Gasteiger partial charge in [-0.3, -0.25) is 0 Å². The molecule has 2 aromatic rings. The summed E-state index contributed by atoms with van der Waals surface area (Å²) in [7, 11) is -3.71. The quantitative estimate of drug-likeness (QED) is 0.871. The fourth-order valence-corrected chi connectivity index (χ4v) is 2.95. The molecule has 19 heavy (non-hydrogen) atoms. The minimum atomic E-state index is -3.71. The first-order valence-corrected chi connectivity index (χ1v) is 7.11. The summed E-state index contributed by atoms with van der Waals surface area (Å²) in [6, 6.07) is 6.60. The average Bonchev–Trinajstić information content (AvgIpc) is 2.39. The van der Waals surface area contributed by atoms with Crippen LogP contribution in [0.1, 0.15) is 11.1 Å². The van der Waals surface area contributed by atoms with Gasteiger partial charge in [0.05, 0.1) is 4.90 Å². The minimum absolute atomic E-state index is 0.0417. The molecule has 0 saturated carbocycles. The van der Waals surface area contributed by atoms with E-state index in [9.17, 15) is 8.42 Å². The molecule has 0 aliphatic heterocycles. The Morgan fingerprint density at radius 2 is 1.89 bits per heavy atom. The van der Waals surface area contributed by atoms with Crippen LogP contribution >= 0.6 is 0 Å². The van der Waals surface area contributed by atoms with Crippen molar-refractivity contribution in [2.45, 2.75) is 18.4 Å². The lowest BCUT2D eigenvalue weighted by Crippen LogP contribution is -2.17. The highest BCUT2D eigenvalue weighted by atomic mass is 32.2. The van der Waals surface area contributed by atoms with Crippen molar-refractivity contribution in [3.8, 4) is 0 Å². The predicted molar refractivity (Wildman–Crippen MR) is 71.9 cm³/mol. The molecular weight excluding hydrogens is 264 g/mol. The Labute approximate surface area is 111 Å². The van der Waals surface area contributed by atoms with Crippen LogP contribution in [0.5, 0.6) is 0 Å². The maximum Gasteiger partial charge on any atom is 0.264 e. The Bertz CT molecular complexity index is 671. The third-order valence-corrected chi connectivity index (χ3v) is 4.17. The van der Waals surface area contributed by atoms with E-state index in [1.807, 2.05) is 0 Å². The van der Waals surface area contributed by atoms with Gasteiger partial charge < -0.3 is 5.73 Å². The van der Waals surface area contributed by atoms with E-state index < -0.39 is 10.0 Å². The monoisotopic (exact) mass is 278 g/mol. The minimum Gasteiger partial charge on any atom is -0.326 e. The molecule has 0 bridgehead atoms. The van der Waals surface area contributed by atoms with Gasteiger partial charge in [0.1, 0.15) is 0 Å². The van der Waals surface area contributed by atoms with E-state index in [4.69, 9.17) is 5.73 Å². The van der Waals surface area contributed by atoms with Crippen molar-refractivity contribution >= 4 is 16.0 Å². The van der Waals surface area contributed by atoms with E-state index in [1.165, 1.54) is 18.5 Å². The van der Waals surface area contributed by atoms with Crippen LogP contribution in [-0.2, 0) is 16.6 Å². The third kappa shape index (κ3) is 2.88. The summed E-state index contributed by atoms with van der Waals surface area (Å²) in [5, 5.41) is 0. The number of aromatic nitrogens is 2. The lowest BCUT2D eigenvalue weighted by molar-refractivity contribution is 0.600. The van der Waals surface area contributed by atoms with Crippen LogP contribution < -0.4 is 10.5 Å². The number of sulfonamides is 1. The topological polar surface area (TPSA) is 98.0 Å². The van der Waals surface area contributed by atoms with Gasteiger partial charge in [-0.25, -0.2) is 23.1 Å². The summed E-state index contributed by atoms with van der Waals surface area (Å²) in [5.41, 5.74) is 7.00. The predicted octanol–water partition coefficient (Wildman–Crippen LogP) is 1.04. The van der Waals surface area contributed by atoms with Crippen molar-refractivity contribution in [3.05, 3.63) is 47.8 Å². The zero-order valence-electron chi connectivity index (χ0n) is 10.4. The van der Waals surface area contributed by atoms with Crippen molar-refractivity contribution in [1.82, 2.24) is 9.97 Å². The Morgan fingerprint density at radius 1 is 1.21 bits per heavy atom. The number of rotatable bonds is 4. The van der Waals surface area contributed by atoms with Crippen LogP contribution in [-0.4, -0.2) is 18.4 Å². The highest BCUT2D eigenvalue weighted by Gasteiger charge is 2.19. The molecule has 0 radical (unpaired) electrons. The smallest absolute Gasteiger partial charge is 0.264 e. The summed E-state index contributed by atoms with van der Waals surface area (Å²) in [6.45, 7) is 2.01. The highest BCUT2D eigenvalue weighted by Crippen LogP contribution is 2.20. The first-order valence-electron chi connectivity index (χ1n) is 5.63. The van der Waals surface area contributed by atoms with Crippen molar-refractivity contribution < 1.29 is 8.42 Å². The van der Waals surface area contributed by atoms with Crippen molar-refractivity contribution in [2.24, 2.45) is 5.73 Å². The maximum absolute atomic E-state index is 12.3. The Balaban J connectivity index is 2.40. The molecule has 0 aliphatic carbocycles. The average molecular weight is 278 g/mol. The first-order chi connectivity index (χ1) is 9.04. The van der Waals surface area contributed by atoms with Crippen molar-refractivity contribution in [1.29, 1.82) is 0 Å². The zero-order valence-corrected chi connectivity index (χ0v) is 11.2. The number of anilines is 1. The van der Waals surface area contributed by atoms with Gasteiger partial charge >= 0.3 is 0 Å². The maximum atomic E-state index is 12.3. The number of nitrogens with two attached hydrogens (primary N) is 1. The van der Waals surface area contributed by atoms with Gasteiger partial charge in [-0.15, -0.1) is 0 Å². The van der Waals surface area contributed by atoms with Crippen LogP contribution in [0.2, 0.25) is 0 Å². The van der Waals surface area contributed by atoms with Gasteiger partial charge in [-0.1, -0.05) is 12.1 Å². The van der Waals surface area contributed by atoms with Crippen LogP contribution in [0, 0.1) is 6.92 Å². The van der Waals surface area contributed by atoms with E-state index in [0.29, 0.717) is 5.56 Å². The molecule has 1 heterocycles. The molecule has 1 aromatic carbocycles. The second-order valence-corrected chi connectivity index (χ2v) is 5.57. The Morgan fingerprint density at radius 3 is 2.53 bits per heavy atom. The fraction of sp³-hybridized carbons (Fsp3) is 0.167. The van der Waals surface area contributed by atoms with E-state index >= 15 is 0 Å². The van der Waals surface area contributed by atoms with Crippen molar-refractivity contribution in [2.75, 3.05) is 4.72 Å². The first kappa shape index (κ1) is 13.4. The number of hydrogen-bond donors (Lipinski definition) is 2. The van der Waals surface area contributed by atoms with Gasteiger partial charge in [-0.05, 0) is 30.2 Å². The highest BCUT2D eigenvalue weighted by molar-refractivity contribution is 7.92. The van der Waals surface area contributed by atoms with E-state index in [-0.39, 0.29) is 17.4 Å². The summed E-state index contributed by atoms with van der Waals surface area (Å²) in [5.74, 6) is 0.0417. The molecule has 0 aliphatic rings. The summed E-state index contributed by atoms with van der Waals surface area (Å²) >= 11 is 0. The Kier molecular flexibility index (Phi) is 3.77. The molecule has 6 nitrogen and oxygen atoms in total. The van der Waals surface area contributed by atoms with Crippen LogP contribution in [0.4, 0.5) is 5.95 Å². The number of nitrogens with one attached hydrogen (secondary N) is 1. The molecule has 3 N–H and O–H groups in total.